The van der Waals surface area contributed by atoms with Crippen molar-refractivity contribution in [1.29, 1.82) is 0 Å². The van der Waals surface area contributed by atoms with E-state index in [4.69, 9.17) is 5.73 Å². The van der Waals surface area contributed by atoms with Gasteiger partial charge < -0.3 is 16.0 Å². The third-order valence-corrected chi connectivity index (χ3v) is 5.29. The highest BCUT2D eigenvalue weighted by Gasteiger charge is 2.31. The molecule has 1 aliphatic rings. The van der Waals surface area contributed by atoms with E-state index in [1.807, 2.05) is 60.4 Å². The first-order chi connectivity index (χ1) is 13.1. The Morgan fingerprint density at radius 3 is 2.07 bits per heavy atom. The smallest absolute Gasteiger partial charge is 0.252 e. The van der Waals surface area contributed by atoms with E-state index in [2.05, 4.69) is 5.32 Å². The summed E-state index contributed by atoms with van der Waals surface area (Å²) in [5.41, 5.74) is 7.35. The molecule has 1 aliphatic heterocycles. The fraction of sp³-hybridized carbons (Fsp3) is 0.364. The molecule has 5 nitrogen and oxygen atoms in total. The second kappa shape index (κ2) is 10.2. The standard InChI is InChI=1S/C22H27N3O2.ClH/c1-16(23)17-12-14-25(15-13-17)22(27)20(18-8-4-2-5-9-18)24-21(26)19-10-6-3-7-11-19;/h2-11,16-17,20H,12-15,23H2,1H3,(H,24,26);1H. The number of benzene rings is 2. The minimum Gasteiger partial charge on any atom is -0.341 e. The van der Waals surface area contributed by atoms with Gasteiger partial charge in [0.25, 0.3) is 5.91 Å². The Morgan fingerprint density at radius 1 is 1.00 bits per heavy atom. The molecule has 1 saturated heterocycles. The maximum Gasteiger partial charge on any atom is 0.252 e. The van der Waals surface area contributed by atoms with Crippen molar-refractivity contribution >= 4 is 24.2 Å². The van der Waals surface area contributed by atoms with Gasteiger partial charge in [0.2, 0.25) is 5.91 Å². The third kappa shape index (κ3) is 5.33. The lowest BCUT2D eigenvalue weighted by atomic mass is 9.90. The molecule has 0 spiro atoms. The third-order valence-electron chi connectivity index (χ3n) is 5.29. The summed E-state index contributed by atoms with van der Waals surface area (Å²) in [6, 6.07) is 17.9. The highest BCUT2D eigenvalue weighted by atomic mass is 35.5. The van der Waals surface area contributed by atoms with Gasteiger partial charge >= 0.3 is 0 Å². The number of likely N-dealkylation sites (tertiary alicyclic amines) is 1. The van der Waals surface area contributed by atoms with E-state index in [1.54, 1.807) is 12.1 Å². The number of carbonyl (C=O) groups is 2. The molecule has 2 atom stereocenters. The van der Waals surface area contributed by atoms with Crippen molar-refractivity contribution in [3.63, 3.8) is 0 Å². The Kier molecular flexibility index (Phi) is 8.03. The maximum atomic E-state index is 13.2. The first kappa shape index (κ1) is 21.9. The number of piperidine rings is 1. The maximum absolute atomic E-state index is 13.2. The van der Waals surface area contributed by atoms with Gasteiger partial charge in [0.1, 0.15) is 6.04 Å². The topological polar surface area (TPSA) is 75.4 Å². The van der Waals surface area contributed by atoms with Crippen molar-refractivity contribution < 1.29 is 9.59 Å². The van der Waals surface area contributed by atoms with Crippen LogP contribution in [0.4, 0.5) is 0 Å². The summed E-state index contributed by atoms with van der Waals surface area (Å²) in [6.07, 6.45) is 1.80. The first-order valence-electron chi connectivity index (χ1n) is 9.51. The van der Waals surface area contributed by atoms with Crippen molar-refractivity contribution in [2.24, 2.45) is 11.7 Å². The zero-order chi connectivity index (χ0) is 19.2. The average molecular weight is 402 g/mol. The van der Waals surface area contributed by atoms with Crippen molar-refractivity contribution in [2.75, 3.05) is 13.1 Å². The predicted octanol–water partition coefficient (Wildman–Crippen LogP) is 3.17. The second-order valence-corrected chi connectivity index (χ2v) is 7.21. The summed E-state index contributed by atoms with van der Waals surface area (Å²) < 4.78 is 0. The highest BCUT2D eigenvalue weighted by molar-refractivity contribution is 5.97. The first-order valence-corrected chi connectivity index (χ1v) is 9.51. The lowest BCUT2D eigenvalue weighted by Crippen LogP contribution is -2.47. The van der Waals surface area contributed by atoms with Gasteiger partial charge in [-0.05, 0) is 43.4 Å². The summed E-state index contributed by atoms with van der Waals surface area (Å²) in [4.78, 5) is 27.7. The Bertz CT molecular complexity index is 760. The molecule has 1 fully saturated rings. The molecule has 0 aliphatic carbocycles. The Hall–Kier alpha value is -2.37. The van der Waals surface area contributed by atoms with Crippen LogP contribution in [0.25, 0.3) is 0 Å². The number of carbonyl (C=O) groups excluding carboxylic acids is 2. The van der Waals surface area contributed by atoms with Crippen LogP contribution in [0.2, 0.25) is 0 Å². The predicted molar refractivity (Wildman–Crippen MR) is 113 cm³/mol. The van der Waals surface area contributed by atoms with Crippen LogP contribution in [-0.2, 0) is 4.79 Å². The van der Waals surface area contributed by atoms with Crippen LogP contribution in [0, 0.1) is 5.92 Å². The van der Waals surface area contributed by atoms with E-state index in [1.165, 1.54) is 0 Å². The molecule has 3 N–H and O–H groups in total. The number of halogens is 1. The molecule has 2 aromatic rings. The molecule has 28 heavy (non-hydrogen) atoms. The molecule has 6 heteroatoms. The quantitative estimate of drug-likeness (QED) is 0.807. The molecule has 2 aromatic carbocycles. The zero-order valence-electron chi connectivity index (χ0n) is 16.1. The largest absolute Gasteiger partial charge is 0.341 e. The van der Waals surface area contributed by atoms with Gasteiger partial charge in [-0.3, -0.25) is 9.59 Å². The number of amides is 2. The lowest BCUT2D eigenvalue weighted by molar-refractivity contribution is -0.134. The average Bonchev–Trinajstić information content (AvgIpc) is 2.72. The SMILES string of the molecule is CC(N)C1CCN(C(=O)C(NC(=O)c2ccccc2)c2ccccc2)CC1.Cl. The number of nitrogens with two attached hydrogens (primary N) is 1. The minimum absolute atomic E-state index is 0. The number of nitrogens with one attached hydrogen (secondary N) is 1. The fourth-order valence-corrected chi connectivity index (χ4v) is 3.57. The van der Waals surface area contributed by atoms with Crippen molar-refractivity contribution in [1.82, 2.24) is 10.2 Å². The Morgan fingerprint density at radius 2 is 1.54 bits per heavy atom. The molecule has 2 unspecified atom stereocenters. The monoisotopic (exact) mass is 401 g/mol. The van der Waals surface area contributed by atoms with Gasteiger partial charge in [0.05, 0.1) is 0 Å². The number of rotatable bonds is 5. The van der Waals surface area contributed by atoms with Crippen LogP contribution in [0.5, 0.6) is 0 Å². The Balaban J connectivity index is 0.00000280. The molecule has 150 valence electrons. The van der Waals surface area contributed by atoms with E-state index < -0.39 is 6.04 Å². The molecular formula is C22H28ClN3O2. The van der Waals surface area contributed by atoms with Gasteiger partial charge in [-0.1, -0.05) is 48.5 Å². The Labute approximate surface area is 172 Å². The van der Waals surface area contributed by atoms with Crippen LogP contribution in [0.15, 0.2) is 60.7 Å². The molecule has 2 amide bonds. The lowest BCUT2D eigenvalue weighted by Gasteiger charge is -2.35. The zero-order valence-corrected chi connectivity index (χ0v) is 16.9. The minimum atomic E-state index is -0.689. The van der Waals surface area contributed by atoms with Gasteiger partial charge in [0.15, 0.2) is 0 Å². The molecule has 0 saturated carbocycles. The molecule has 3 rings (SSSR count). The molecule has 1 heterocycles. The van der Waals surface area contributed by atoms with Crippen LogP contribution in [0.1, 0.15) is 41.7 Å². The van der Waals surface area contributed by atoms with Gasteiger partial charge in [0, 0.05) is 24.7 Å². The van der Waals surface area contributed by atoms with Gasteiger partial charge in [-0.15, -0.1) is 12.4 Å². The normalized spacial score (nSPS) is 16.6. The van der Waals surface area contributed by atoms with Gasteiger partial charge in [-0.2, -0.15) is 0 Å². The summed E-state index contributed by atoms with van der Waals surface area (Å²) in [5, 5.41) is 2.93. The van der Waals surface area contributed by atoms with Crippen LogP contribution in [-0.4, -0.2) is 35.8 Å². The van der Waals surface area contributed by atoms with Crippen LogP contribution in [0.3, 0.4) is 0 Å². The summed E-state index contributed by atoms with van der Waals surface area (Å²) in [5.74, 6) is 0.139. The van der Waals surface area contributed by atoms with Crippen molar-refractivity contribution in [2.45, 2.75) is 31.8 Å². The summed E-state index contributed by atoms with van der Waals surface area (Å²) in [6.45, 7) is 3.38. The number of nitrogens with zero attached hydrogens (tertiary/aromatic N) is 1. The highest BCUT2D eigenvalue weighted by Crippen LogP contribution is 2.23. The van der Waals surface area contributed by atoms with Crippen LogP contribution < -0.4 is 11.1 Å². The van der Waals surface area contributed by atoms with E-state index in [0.29, 0.717) is 24.6 Å². The molecular weight excluding hydrogens is 374 g/mol. The summed E-state index contributed by atoms with van der Waals surface area (Å²) >= 11 is 0. The fourth-order valence-electron chi connectivity index (χ4n) is 3.57. The molecule has 0 aromatic heterocycles. The summed E-state index contributed by atoms with van der Waals surface area (Å²) in [7, 11) is 0. The van der Waals surface area contributed by atoms with Gasteiger partial charge in [-0.25, -0.2) is 0 Å². The van der Waals surface area contributed by atoms with Crippen molar-refractivity contribution in [3.8, 4) is 0 Å². The number of hydrogen-bond donors (Lipinski definition) is 2. The molecule has 0 radical (unpaired) electrons. The van der Waals surface area contributed by atoms with Crippen LogP contribution >= 0.6 is 12.4 Å². The van der Waals surface area contributed by atoms with E-state index in [0.717, 1.165) is 18.4 Å². The van der Waals surface area contributed by atoms with E-state index in [-0.39, 0.29) is 30.3 Å². The van der Waals surface area contributed by atoms with E-state index >= 15 is 0 Å². The van der Waals surface area contributed by atoms with Crippen molar-refractivity contribution in [3.05, 3.63) is 71.8 Å². The van der Waals surface area contributed by atoms with E-state index in [9.17, 15) is 9.59 Å². The number of hydrogen-bond acceptors (Lipinski definition) is 3. The second-order valence-electron chi connectivity index (χ2n) is 7.21. The molecule has 0 bridgehead atoms.